The number of nitrogens with zero attached hydrogens (tertiary/aromatic N) is 4. The van der Waals surface area contributed by atoms with E-state index in [9.17, 15) is 0 Å². The highest BCUT2D eigenvalue weighted by Gasteiger charge is 2.14. The Hall–Kier alpha value is -2.10. The number of aryl methyl sites for hydroxylation is 2. The highest BCUT2D eigenvalue weighted by atomic mass is 15.3. The predicted molar refractivity (Wildman–Crippen MR) is 90.5 cm³/mol. The largest absolute Gasteiger partial charge is 0.362 e. The van der Waals surface area contributed by atoms with E-state index in [0.29, 0.717) is 0 Å². The molecule has 0 aromatic heterocycles. The third kappa shape index (κ3) is 3.21. The molecule has 0 aliphatic carbocycles. The van der Waals surface area contributed by atoms with Crippen LogP contribution in [-0.4, -0.2) is 47.0 Å². The molecule has 2 aliphatic rings. The molecule has 118 valence electrons. The van der Waals surface area contributed by atoms with Gasteiger partial charge in [0, 0.05) is 52.0 Å². The summed E-state index contributed by atoms with van der Waals surface area (Å²) >= 11 is 0. The normalized spacial score (nSPS) is 17.3. The Bertz CT molecular complexity index is 556. The number of benzene rings is 1. The first-order valence-corrected chi connectivity index (χ1v) is 7.85. The maximum Gasteiger partial charge on any atom is 0.0894 e. The van der Waals surface area contributed by atoms with Gasteiger partial charge in [0.25, 0.3) is 0 Å². The quantitative estimate of drug-likeness (QED) is 0.847. The van der Waals surface area contributed by atoms with Crippen molar-refractivity contribution in [2.75, 3.05) is 27.4 Å². The van der Waals surface area contributed by atoms with Crippen molar-refractivity contribution in [1.82, 2.24) is 19.6 Å². The Morgan fingerprint density at radius 1 is 0.727 bits per heavy atom. The summed E-state index contributed by atoms with van der Waals surface area (Å²) in [5.41, 5.74) is 5.63. The molecule has 0 N–H and O–H groups in total. The highest BCUT2D eigenvalue weighted by Crippen LogP contribution is 2.21. The first-order valence-electron chi connectivity index (χ1n) is 7.85. The van der Waals surface area contributed by atoms with Crippen molar-refractivity contribution in [2.45, 2.75) is 26.9 Å². The van der Waals surface area contributed by atoms with Gasteiger partial charge in [0.1, 0.15) is 0 Å². The van der Waals surface area contributed by atoms with Gasteiger partial charge >= 0.3 is 0 Å². The summed E-state index contributed by atoms with van der Waals surface area (Å²) in [5, 5.41) is 0. The lowest BCUT2D eigenvalue weighted by Gasteiger charge is -2.23. The van der Waals surface area contributed by atoms with Crippen LogP contribution in [-0.2, 0) is 13.1 Å². The Morgan fingerprint density at radius 2 is 1.18 bits per heavy atom. The van der Waals surface area contributed by atoms with Crippen LogP contribution in [0.25, 0.3) is 0 Å². The van der Waals surface area contributed by atoms with E-state index in [2.05, 4.69) is 84.5 Å². The van der Waals surface area contributed by atoms with Crippen LogP contribution in [0.1, 0.15) is 22.3 Å². The molecule has 4 nitrogen and oxygen atoms in total. The van der Waals surface area contributed by atoms with Gasteiger partial charge in [0.15, 0.2) is 0 Å². The lowest BCUT2D eigenvalue weighted by atomic mass is 9.99. The molecule has 0 fully saturated rings. The monoisotopic (exact) mass is 298 g/mol. The smallest absolute Gasteiger partial charge is 0.0894 e. The fourth-order valence-corrected chi connectivity index (χ4v) is 3.11. The van der Waals surface area contributed by atoms with Crippen molar-refractivity contribution in [3.63, 3.8) is 0 Å². The van der Waals surface area contributed by atoms with Gasteiger partial charge in [-0.05, 0) is 36.1 Å². The van der Waals surface area contributed by atoms with E-state index in [4.69, 9.17) is 0 Å². The van der Waals surface area contributed by atoms with Crippen LogP contribution in [0.15, 0.2) is 36.9 Å². The Kier molecular flexibility index (Phi) is 4.01. The molecule has 1 aromatic carbocycles. The maximum atomic E-state index is 2.39. The Morgan fingerprint density at radius 3 is 1.55 bits per heavy atom. The van der Waals surface area contributed by atoms with Crippen LogP contribution in [0.2, 0.25) is 0 Å². The van der Waals surface area contributed by atoms with Crippen LogP contribution in [0.4, 0.5) is 0 Å². The summed E-state index contributed by atoms with van der Waals surface area (Å²) < 4.78 is 0. The van der Waals surface area contributed by atoms with Crippen molar-refractivity contribution >= 4 is 0 Å². The van der Waals surface area contributed by atoms with Crippen molar-refractivity contribution in [3.05, 3.63) is 59.2 Å². The zero-order valence-electron chi connectivity index (χ0n) is 14.1. The molecule has 0 saturated carbocycles. The minimum absolute atomic E-state index is 0.975. The third-order valence-electron chi connectivity index (χ3n) is 4.41. The lowest BCUT2D eigenvalue weighted by Crippen LogP contribution is -2.23. The van der Waals surface area contributed by atoms with Gasteiger partial charge in [0.2, 0.25) is 0 Å². The SMILES string of the molecule is Cc1cc(C)c(CN2C=CN(C)C2)cc1CN1C=CN(C)C1. The zero-order chi connectivity index (χ0) is 15.7. The lowest BCUT2D eigenvalue weighted by molar-refractivity contribution is 0.287. The molecule has 22 heavy (non-hydrogen) atoms. The van der Waals surface area contributed by atoms with Crippen LogP contribution in [0.5, 0.6) is 0 Å². The van der Waals surface area contributed by atoms with E-state index in [1.165, 1.54) is 22.3 Å². The zero-order valence-corrected chi connectivity index (χ0v) is 14.1. The first kappa shape index (κ1) is 14.8. The molecule has 0 amide bonds. The summed E-state index contributed by atoms with van der Waals surface area (Å²) in [6, 6.07) is 4.72. The fraction of sp³-hybridized carbons (Fsp3) is 0.444. The van der Waals surface area contributed by atoms with Gasteiger partial charge in [-0.2, -0.15) is 0 Å². The Balaban J connectivity index is 1.75. The molecule has 2 aliphatic heterocycles. The Labute approximate surface area is 133 Å². The van der Waals surface area contributed by atoms with Crippen LogP contribution < -0.4 is 0 Å². The van der Waals surface area contributed by atoms with Crippen molar-refractivity contribution < 1.29 is 0 Å². The second-order valence-electron chi connectivity index (χ2n) is 6.59. The van der Waals surface area contributed by atoms with Crippen LogP contribution >= 0.6 is 0 Å². The molecule has 0 spiro atoms. The number of rotatable bonds is 4. The van der Waals surface area contributed by atoms with Gasteiger partial charge in [-0.3, -0.25) is 0 Å². The average molecular weight is 298 g/mol. The minimum atomic E-state index is 0.975. The van der Waals surface area contributed by atoms with E-state index in [1.807, 2.05) is 0 Å². The van der Waals surface area contributed by atoms with E-state index in [0.717, 1.165) is 26.4 Å². The average Bonchev–Trinajstić information content (AvgIpc) is 3.04. The summed E-state index contributed by atoms with van der Waals surface area (Å²) in [5.74, 6) is 0. The van der Waals surface area contributed by atoms with Gasteiger partial charge in [0.05, 0.1) is 13.3 Å². The third-order valence-corrected chi connectivity index (χ3v) is 4.41. The van der Waals surface area contributed by atoms with Gasteiger partial charge in [-0.15, -0.1) is 0 Å². The topological polar surface area (TPSA) is 13.0 Å². The number of hydrogen-bond acceptors (Lipinski definition) is 4. The van der Waals surface area contributed by atoms with Crippen LogP contribution in [0, 0.1) is 13.8 Å². The molecule has 1 aromatic rings. The van der Waals surface area contributed by atoms with Crippen molar-refractivity contribution in [3.8, 4) is 0 Å². The van der Waals surface area contributed by atoms with Gasteiger partial charge < -0.3 is 19.6 Å². The molecule has 0 atom stereocenters. The van der Waals surface area contributed by atoms with Crippen LogP contribution in [0.3, 0.4) is 0 Å². The molecule has 0 radical (unpaired) electrons. The summed E-state index contributed by atoms with van der Waals surface area (Å²) in [6.07, 6.45) is 8.62. The molecule has 0 bridgehead atoms. The molecule has 4 heteroatoms. The second-order valence-corrected chi connectivity index (χ2v) is 6.59. The summed E-state index contributed by atoms with van der Waals surface area (Å²) in [4.78, 5) is 9.11. The van der Waals surface area contributed by atoms with Gasteiger partial charge in [-0.25, -0.2) is 0 Å². The van der Waals surface area contributed by atoms with Crippen molar-refractivity contribution in [2.24, 2.45) is 0 Å². The molecule has 3 rings (SSSR count). The molecular weight excluding hydrogens is 272 g/mol. The van der Waals surface area contributed by atoms with E-state index in [-0.39, 0.29) is 0 Å². The van der Waals surface area contributed by atoms with E-state index < -0.39 is 0 Å². The highest BCUT2D eigenvalue weighted by molar-refractivity contribution is 5.37. The summed E-state index contributed by atoms with van der Waals surface area (Å²) in [6.45, 7) is 8.36. The van der Waals surface area contributed by atoms with E-state index in [1.54, 1.807) is 0 Å². The fourth-order valence-electron chi connectivity index (χ4n) is 3.11. The maximum absolute atomic E-state index is 2.39. The standard InChI is InChI=1S/C18H26N4/c1-15-9-16(2)18(12-22-8-6-20(4)14-22)10-17(15)11-21-7-5-19(3)13-21/h5-10H,11-14H2,1-4H3. The van der Waals surface area contributed by atoms with Crippen molar-refractivity contribution in [1.29, 1.82) is 0 Å². The first-order chi connectivity index (χ1) is 10.5. The minimum Gasteiger partial charge on any atom is -0.362 e. The molecular formula is C18H26N4. The van der Waals surface area contributed by atoms with Gasteiger partial charge in [-0.1, -0.05) is 12.1 Å². The number of hydrogen-bond donors (Lipinski definition) is 0. The molecule has 0 unspecified atom stereocenters. The van der Waals surface area contributed by atoms with E-state index >= 15 is 0 Å². The molecule has 2 heterocycles. The second kappa shape index (κ2) is 5.95. The summed E-state index contributed by atoms with van der Waals surface area (Å²) in [7, 11) is 4.22. The predicted octanol–water partition coefficient (Wildman–Crippen LogP) is 2.66. The molecule has 0 saturated heterocycles.